The van der Waals surface area contributed by atoms with Gasteiger partial charge in [-0.3, -0.25) is 4.90 Å². The number of likely N-dealkylation sites (tertiary alicyclic amines) is 1. The normalized spacial score (nSPS) is 23.9. The van der Waals surface area contributed by atoms with Gasteiger partial charge in [0, 0.05) is 29.8 Å². The fraction of sp³-hybridized carbons (Fsp3) is 0.895. The summed E-state index contributed by atoms with van der Waals surface area (Å²) in [5.41, 5.74) is -0.0298. The predicted molar refractivity (Wildman–Crippen MR) is 101 cm³/mol. The van der Waals surface area contributed by atoms with Gasteiger partial charge in [-0.05, 0) is 65.1 Å². The minimum absolute atomic E-state index is 0.119. The number of nitrogens with zero attached hydrogens (tertiary/aromatic N) is 1. The van der Waals surface area contributed by atoms with Crippen molar-refractivity contribution in [1.82, 2.24) is 4.90 Å². The zero-order chi connectivity index (χ0) is 19.0. The highest BCUT2D eigenvalue weighted by atomic mass is 28.4. The second kappa shape index (κ2) is 7.16. The van der Waals surface area contributed by atoms with Crippen LogP contribution in [-0.2, 0) is 4.43 Å². The molecule has 0 aromatic rings. The van der Waals surface area contributed by atoms with Crippen LogP contribution < -0.4 is 0 Å². The summed E-state index contributed by atoms with van der Waals surface area (Å²) in [6, 6.07) is 0. The Hall–Kier alpha value is -0.263. The van der Waals surface area contributed by atoms with Gasteiger partial charge in [-0.15, -0.1) is 0 Å². The van der Waals surface area contributed by atoms with E-state index in [0.717, 1.165) is 19.4 Å². The highest BCUT2D eigenvalue weighted by Gasteiger charge is 2.45. The second-order valence-electron chi connectivity index (χ2n) is 10.0. The minimum atomic E-state index is -1.73. The maximum atomic E-state index is 13.2. The zero-order valence-corrected chi connectivity index (χ0v) is 18.1. The highest BCUT2D eigenvalue weighted by molar-refractivity contribution is 6.74. The van der Waals surface area contributed by atoms with E-state index in [2.05, 4.69) is 66.5 Å². The van der Waals surface area contributed by atoms with Gasteiger partial charge in [-0.2, -0.15) is 8.78 Å². The van der Waals surface area contributed by atoms with Crippen molar-refractivity contribution in [2.75, 3.05) is 13.2 Å². The van der Waals surface area contributed by atoms with Gasteiger partial charge in [0.1, 0.15) is 0 Å². The zero-order valence-electron chi connectivity index (χ0n) is 17.1. The summed E-state index contributed by atoms with van der Waals surface area (Å²) >= 11 is 0. The first-order valence-electron chi connectivity index (χ1n) is 9.05. The molecule has 1 saturated heterocycles. The number of hydrogen-bond donors (Lipinski definition) is 0. The lowest BCUT2D eigenvalue weighted by molar-refractivity contribution is 0.0453. The third-order valence-corrected chi connectivity index (χ3v) is 10.3. The summed E-state index contributed by atoms with van der Waals surface area (Å²) in [6.07, 6.45) is 0.768. The molecule has 1 fully saturated rings. The molecule has 0 bridgehead atoms. The van der Waals surface area contributed by atoms with Crippen LogP contribution in [0.5, 0.6) is 0 Å². The van der Waals surface area contributed by atoms with Gasteiger partial charge in [0.25, 0.3) is 6.08 Å². The Bertz CT molecular complexity index is 473. The van der Waals surface area contributed by atoms with Crippen LogP contribution >= 0.6 is 0 Å². The van der Waals surface area contributed by atoms with Crippen molar-refractivity contribution in [2.24, 2.45) is 0 Å². The first-order valence-corrected chi connectivity index (χ1v) is 12.0. The maximum absolute atomic E-state index is 13.2. The van der Waals surface area contributed by atoms with Gasteiger partial charge in [0.2, 0.25) is 0 Å². The molecule has 0 aromatic carbocycles. The van der Waals surface area contributed by atoms with Crippen LogP contribution in [0.15, 0.2) is 11.7 Å². The number of hydrogen-bond acceptors (Lipinski definition) is 2. The molecule has 0 spiro atoms. The molecule has 2 nitrogen and oxygen atoms in total. The fourth-order valence-corrected chi connectivity index (χ4v) is 4.47. The fourth-order valence-electron chi connectivity index (χ4n) is 3.39. The van der Waals surface area contributed by atoms with Crippen molar-refractivity contribution in [3.05, 3.63) is 11.7 Å². The molecule has 1 aliphatic rings. The Kier molecular flexibility index (Phi) is 6.50. The molecule has 0 amide bonds. The molecule has 0 aromatic heterocycles. The molecule has 0 radical (unpaired) electrons. The first-order chi connectivity index (χ1) is 10.6. The van der Waals surface area contributed by atoms with Crippen LogP contribution in [-0.4, -0.2) is 37.4 Å². The molecule has 5 heteroatoms. The maximum Gasteiger partial charge on any atom is 0.270 e. The monoisotopic (exact) mass is 361 g/mol. The first kappa shape index (κ1) is 21.8. The Morgan fingerprint density at radius 2 is 1.71 bits per heavy atom. The van der Waals surface area contributed by atoms with Crippen molar-refractivity contribution >= 4 is 8.32 Å². The van der Waals surface area contributed by atoms with E-state index in [0.29, 0.717) is 18.5 Å². The van der Waals surface area contributed by atoms with E-state index < -0.39 is 14.4 Å². The Morgan fingerprint density at radius 3 is 2.12 bits per heavy atom. The number of halogens is 2. The lowest BCUT2D eigenvalue weighted by Crippen LogP contribution is -2.51. The quantitative estimate of drug-likeness (QED) is 0.427. The van der Waals surface area contributed by atoms with Crippen LogP contribution in [0.1, 0.15) is 67.7 Å². The molecule has 1 aliphatic heterocycles. The summed E-state index contributed by atoms with van der Waals surface area (Å²) in [4.78, 5) is 2.24. The van der Waals surface area contributed by atoms with Crippen molar-refractivity contribution in [2.45, 2.75) is 96.9 Å². The van der Waals surface area contributed by atoms with Crippen LogP contribution in [0.25, 0.3) is 0 Å². The number of rotatable bonds is 5. The molecule has 1 unspecified atom stereocenters. The molecule has 0 saturated carbocycles. The minimum Gasteiger partial charge on any atom is -0.417 e. The predicted octanol–water partition coefficient (Wildman–Crippen LogP) is 6.20. The van der Waals surface area contributed by atoms with E-state index in [1.54, 1.807) is 0 Å². The van der Waals surface area contributed by atoms with Gasteiger partial charge in [-0.25, -0.2) is 0 Å². The van der Waals surface area contributed by atoms with Gasteiger partial charge in [0.15, 0.2) is 8.32 Å². The highest BCUT2D eigenvalue weighted by Crippen LogP contribution is 2.42. The standard InChI is InChI=1S/C19H37F2NOSi/c1-17(2,3)22-14-15(16(20)21)13-19(22,7)11-10-12-23-24(8,9)18(4,5)6/h10-14H2,1-9H3. The smallest absolute Gasteiger partial charge is 0.270 e. The van der Waals surface area contributed by atoms with E-state index in [4.69, 9.17) is 4.43 Å². The molecule has 0 aliphatic carbocycles. The molecule has 1 heterocycles. The van der Waals surface area contributed by atoms with E-state index in [1.807, 2.05) is 0 Å². The van der Waals surface area contributed by atoms with Gasteiger partial charge < -0.3 is 4.43 Å². The van der Waals surface area contributed by atoms with E-state index in [-0.39, 0.29) is 16.1 Å². The average molecular weight is 362 g/mol. The molecule has 142 valence electrons. The molecular formula is C19H37F2NOSi. The molecule has 1 atom stereocenters. The second-order valence-corrected chi connectivity index (χ2v) is 14.8. The van der Waals surface area contributed by atoms with Gasteiger partial charge >= 0.3 is 0 Å². The van der Waals surface area contributed by atoms with Crippen molar-refractivity contribution < 1.29 is 13.2 Å². The summed E-state index contributed by atoms with van der Waals surface area (Å²) in [5.74, 6) is 0. The van der Waals surface area contributed by atoms with E-state index in [9.17, 15) is 8.78 Å². The largest absolute Gasteiger partial charge is 0.417 e. The van der Waals surface area contributed by atoms with E-state index >= 15 is 0 Å². The summed E-state index contributed by atoms with van der Waals surface area (Å²) in [7, 11) is -1.73. The van der Waals surface area contributed by atoms with Crippen LogP contribution in [0.4, 0.5) is 8.78 Å². The molecular weight excluding hydrogens is 324 g/mol. The third-order valence-electron chi connectivity index (χ3n) is 5.80. The van der Waals surface area contributed by atoms with Gasteiger partial charge in [-0.1, -0.05) is 20.8 Å². The Labute approximate surface area is 148 Å². The van der Waals surface area contributed by atoms with Crippen molar-refractivity contribution in [3.8, 4) is 0 Å². The average Bonchev–Trinajstić information content (AvgIpc) is 2.72. The summed E-state index contributed by atoms with van der Waals surface area (Å²) < 4.78 is 32.6. The van der Waals surface area contributed by atoms with Crippen molar-refractivity contribution in [1.29, 1.82) is 0 Å². The summed E-state index contributed by atoms with van der Waals surface area (Å²) in [6.45, 7) is 20.8. The van der Waals surface area contributed by atoms with Crippen LogP contribution in [0.2, 0.25) is 18.1 Å². The summed E-state index contributed by atoms with van der Waals surface area (Å²) in [5, 5.41) is 0.203. The van der Waals surface area contributed by atoms with Crippen LogP contribution in [0.3, 0.4) is 0 Å². The molecule has 1 rings (SSSR count). The lowest BCUT2D eigenvalue weighted by Gasteiger charge is -2.44. The van der Waals surface area contributed by atoms with Gasteiger partial charge in [0.05, 0.1) is 0 Å². The lowest BCUT2D eigenvalue weighted by atomic mass is 9.88. The topological polar surface area (TPSA) is 12.5 Å². The Morgan fingerprint density at radius 1 is 1.17 bits per heavy atom. The SMILES string of the molecule is CC(C)(C)N1CC(=C(F)F)CC1(C)CCCO[Si](C)(C)C(C)(C)C. The van der Waals surface area contributed by atoms with Crippen LogP contribution in [0, 0.1) is 0 Å². The Balaban J connectivity index is 2.72. The van der Waals surface area contributed by atoms with E-state index in [1.165, 1.54) is 0 Å². The molecule has 0 N–H and O–H groups in total. The van der Waals surface area contributed by atoms with Crippen molar-refractivity contribution in [3.63, 3.8) is 0 Å². The molecule has 24 heavy (non-hydrogen) atoms. The third kappa shape index (κ3) is 5.12.